The minimum atomic E-state index is 0.599. The average Bonchev–Trinajstić information content (AvgIpc) is 2.85. The predicted molar refractivity (Wildman–Crippen MR) is 90.6 cm³/mol. The Morgan fingerprint density at radius 3 is 2.60 bits per heavy atom. The van der Waals surface area contributed by atoms with E-state index in [1.54, 1.807) is 0 Å². The Morgan fingerprint density at radius 1 is 1.25 bits per heavy atom. The summed E-state index contributed by atoms with van der Waals surface area (Å²) in [6, 6.07) is 0.599. The van der Waals surface area contributed by atoms with Crippen LogP contribution < -0.4 is 5.32 Å². The first-order valence-corrected chi connectivity index (χ1v) is 9.21. The molecule has 2 nitrogen and oxygen atoms in total. The van der Waals surface area contributed by atoms with E-state index in [9.17, 15) is 0 Å². The number of hydrogen-bond donors (Lipinski definition) is 1. The minimum Gasteiger partial charge on any atom is -0.314 e. The molecule has 0 radical (unpaired) electrons. The third kappa shape index (κ3) is 6.85. The van der Waals surface area contributed by atoms with Gasteiger partial charge in [-0.05, 0) is 32.2 Å². The Morgan fingerprint density at radius 2 is 2.05 bits per heavy atom. The van der Waals surface area contributed by atoms with Crippen molar-refractivity contribution in [1.29, 1.82) is 0 Å². The van der Waals surface area contributed by atoms with Gasteiger partial charge in [0.15, 0.2) is 0 Å². The van der Waals surface area contributed by atoms with Crippen molar-refractivity contribution in [3.63, 3.8) is 0 Å². The molecule has 0 bridgehead atoms. The van der Waals surface area contributed by atoms with Crippen molar-refractivity contribution in [2.24, 2.45) is 5.92 Å². The van der Waals surface area contributed by atoms with Gasteiger partial charge < -0.3 is 5.32 Å². The zero-order chi connectivity index (χ0) is 14.8. The summed E-state index contributed by atoms with van der Waals surface area (Å²) in [5.74, 6) is 0.866. The zero-order valence-corrected chi connectivity index (χ0v) is 14.6. The van der Waals surface area contributed by atoms with E-state index in [0.717, 1.165) is 24.6 Å². The van der Waals surface area contributed by atoms with Gasteiger partial charge in [0.2, 0.25) is 0 Å². The van der Waals surface area contributed by atoms with E-state index < -0.39 is 0 Å². The van der Waals surface area contributed by atoms with Gasteiger partial charge in [-0.2, -0.15) is 0 Å². The van der Waals surface area contributed by atoms with Crippen molar-refractivity contribution in [2.45, 2.75) is 78.7 Å². The number of nitrogens with zero attached hydrogens (tertiary/aromatic N) is 1. The number of hydrogen-bond acceptors (Lipinski definition) is 3. The van der Waals surface area contributed by atoms with Crippen LogP contribution in [-0.4, -0.2) is 17.6 Å². The summed E-state index contributed by atoms with van der Waals surface area (Å²) in [6.45, 7) is 10.1. The highest BCUT2D eigenvalue weighted by molar-refractivity contribution is 7.09. The predicted octanol–water partition coefficient (Wildman–Crippen LogP) is 4.97. The summed E-state index contributed by atoms with van der Waals surface area (Å²) < 4.78 is 0. The van der Waals surface area contributed by atoms with E-state index in [0.29, 0.717) is 6.04 Å². The van der Waals surface area contributed by atoms with Crippen LogP contribution >= 0.6 is 11.3 Å². The van der Waals surface area contributed by atoms with Crippen LogP contribution in [0.3, 0.4) is 0 Å². The summed E-state index contributed by atoms with van der Waals surface area (Å²) in [5.41, 5.74) is 1.16. The molecule has 0 fully saturated rings. The number of nitrogens with one attached hydrogen (secondary N) is 1. The summed E-state index contributed by atoms with van der Waals surface area (Å²) in [6.07, 6.45) is 8.98. The van der Waals surface area contributed by atoms with Gasteiger partial charge in [-0.3, -0.25) is 0 Å². The lowest BCUT2D eigenvalue weighted by molar-refractivity contribution is 0.347. The molecule has 0 saturated carbocycles. The number of rotatable bonds is 11. The fraction of sp³-hybridized carbons (Fsp3) is 0.824. The van der Waals surface area contributed by atoms with E-state index >= 15 is 0 Å². The second-order valence-electron chi connectivity index (χ2n) is 5.89. The first-order valence-electron chi connectivity index (χ1n) is 8.33. The maximum Gasteiger partial charge on any atom is 0.0943 e. The molecule has 0 aliphatic carbocycles. The van der Waals surface area contributed by atoms with Crippen LogP contribution in [0.4, 0.5) is 0 Å². The maximum absolute atomic E-state index is 4.63. The van der Waals surface area contributed by atoms with E-state index in [1.807, 2.05) is 11.3 Å². The largest absolute Gasteiger partial charge is 0.314 e. The van der Waals surface area contributed by atoms with Gasteiger partial charge in [-0.25, -0.2) is 4.98 Å². The lowest BCUT2D eigenvalue weighted by Crippen LogP contribution is -2.33. The number of unbranched alkanes of at least 4 members (excludes halogenated alkanes) is 1. The molecule has 1 N–H and O–H groups in total. The SMILES string of the molecule is CCCCC(CC)CC(Cc1nc(C)cs1)NCCC. The van der Waals surface area contributed by atoms with Gasteiger partial charge in [-0.15, -0.1) is 11.3 Å². The van der Waals surface area contributed by atoms with Gasteiger partial charge in [0.05, 0.1) is 5.01 Å². The van der Waals surface area contributed by atoms with Crippen molar-refractivity contribution >= 4 is 11.3 Å². The third-order valence-electron chi connectivity index (χ3n) is 3.93. The van der Waals surface area contributed by atoms with Crippen LogP contribution in [0.1, 0.15) is 70.0 Å². The smallest absolute Gasteiger partial charge is 0.0943 e. The molecule has 0 amide bonds. The summed E-state index contributed by atoms with van der Waals surface area (Å²) in [5, 5.41) is 7.20. The molecule has 0 saturated heterocycles. The van der Waals surface area contributed by atoms with E-state index in [1.165, 1.54) is 43.5 Å². The highest BCUT2D eigenvalue weighted by atomic mass is 32.1. The molecule has 2 atom stereocenters. The Balaban J connectivity index is 2.53. The quantitative estimate of drug-likeness (QED) is 0.623. The van der Waals surface area contributed by atoms with Gasteiger partial charge in [0.1, 0.15) is 0 Å². The second kappa shape index (κ2) is 10.3. The Kier molecular flexibility index (Phi) is 9.12. The molecule has 2 unspecified atom stereocenters. The molecule has 3 heteroatoms. The summed E-state index contributed by atoms with van der Waals surface area (Å²) >= 11 is 1.81. The fourth-order valence-corrected chi connectivity index (χ4v) is 3.53. The first-order chi connectivity index (χ1) is 9.69. The molecule has 0 aliphatic rings. The van der Waals surface area contributed by atoms with Gasteiger partial charge >= 0.3 is 0 Å². The van der Waals surface area contributed by atoms with Crippen LogP contribution in [0.2, 0.25) is 0 Å². The highest BCUT2D eigenvalue weighted by Crippen LogP contribution is 2.21. The Labute approximate surface area is 129 Å². The van der Waals surface area contributed by atoms with Crippen molar-refractivity contribution in [2.75, 3.05) is 6.54 Å². The van der Waals surface area contributed by atoms with Gasteiger partial charge in [0, 0.05) is 23.5 Å². The molecular formula is C17H32N2S. The zero-order valence-electron chi connectivity index (χ0n) is 13.7. The number of aromatic nitrogens is 1. The molecule has 1 aromatic heterocycles. The lowest BCUT2D eigenvalue weighted by atomic mass is 9.91. The molecule has 1 aromatic rings. The fourth-order valence-electron chi connectivity index (χ4n) is 2.68. The van der Waals surface area contributed by atoms with Crippen molar-refractivity contribution in [3.05, 3.63) is 16.1 Å². The van der Waals surface area contributed by atoms with Crippen LogP contribution in [0.25, 0.3) is 0 Å². The van der Waals surface area contributed by atoms with Crippen LogP contribution in [0.5, 0.6) is 0 Å². The topological polar surface area (TPSA) is 24.9 Å². The van der Waals surface area contributed by atoms with E-state index in [4.69, 9.17) is 0 Å². The average molecular weight is 297 g/mol. The summed E-state index contributed by atoms with van der Waals surface area (Å²) in [7, 11) is 0. The molecule has 0 aliphatic heterocycles. The molecule has 20 heavy (non-hydrogen) atoms. The molecule has 1 rings (SSSR count). The van der Waals surface area contributed by atoms with Crippen LogP contribution in [-0.2, 0) is 6.42 Å². The van der Waals surface area contributed by atoms with Crippen molar-refractivity contribution in [1.82, 2.24) is 10.3 Å². The van der Waals surface area contributed by atoms with Crippen LogP contribution in [0, 0.1) is 12.8 Å². The van der Waals surface area contributed by atoms with Gasteiger partial charge in [-0.1, -0.05) is 46.5 Å². The molecule has 0 aromatic carbocycles. The third-order valence-corrected chi connectivity index (χ3v) is 4.92. The summed E-state index contributed by atoms with van der Waals surface area (Å²) in [4.78, 5) is 4.63. The minimum absolute atomic E-state index is 0.599. The maximum atomic E-state index is 4.63. The van der Waals surface area contributed by atoms with E-state index in [2.05, 4.69) is 43.4 Å². The standard InChI is InChI=1S/C17H32N2S/c1-5-8-9-15(7-3)11-16(18-10-6-2)12-17-19-14(4)13-20-17/h13,15-16,18H,5-12H2,1-4H3. The number of aryl methyl sites for hydroxylation is 1. The van der Waals surface area contributed by atoms with Gasteiger partial charge in [0.25, 0.3) is 0 Å². The first kappa shape index (κ1) is 17.6. The normalized spacial score (nSPS) is 14.4. The second-order valence-corrected chi connectivity index (χ2v) is 6.83. The van der Waals surface area contributed by atoms with Crippen LogP contribution in [0.15, 0.2) is 5.38 Å². The van der Waals surface area contributed by atoms with E-state index in [-0.39, 0.29) is 0 Å². The van der Waals surface area contributed by atoms with Crippen molar-refractivity contribution < 1.29 is 0 Å². The highest BCUT2D eigenvalue weighted by Gasteiger charge is 2.16. The molecule has 1 heterocycles. The monoisotopic (exact) mass is 296 g/mol. The molecule has 0 spiro atoms. The molecular weight excluding hydrogens is 264 g/mol. The Hall–Kier alpha value is -0.410. The Bertz CT molecular complexity index is 349. The number of thiazole rings is 1. The van der Waals surface area contributed by atoms with Crippen molar-refractivity contribution in [3.8, 4) is 0 Å². The lowest BCUT2D eigenvalue weighted by Gasteiger charge is -2.23. The molecule has 116 valence electrons.